The van der Waals surface area contributed by atoms with Gasteiger partial charge in [0.05, 0.1) is 0 Å². The van der Waals surface area contributed by atoms with Crippen molar-refractivity contribution in [3.8, 4) is 0 Å². The highest BCUT2D eigenvalue weighted by molar-refractivity contribution is 7.16. The number of carbonyl (C=O) groups excluding carboxylic acids is 1. The fraction of sp³-hybridized carbons (Fsp3) is 0.250. The number of hydrogen-bond acceptors (Lipinski definition) is 4. The van der Waals surface area contributed by atoms with E-state index in [0.717, 1.165) is 28.0 Å². The van der Waals surface area contributed by atoms with E-state index in [-0.39, 0.29) is 18.0 Å². The first-order valence-corrected chi connectivity index (χ1v) is 9.84. The lowest BCUT2D eigenvalue weighted by Gasteiger charge is -2.10. The molecule has 0 atom stereocenters. The van der Waals surface area contributed by atoms with Crippen LogP contribution in [0.1, 0.15) is 18.3 Å². The number of benzene rings is 1. The van der Waals surface area contributed by atoms with Crippen LogP contribution in [0.25, 0.3) is 15.7 Å². The minimum Gasteiger partial charge on any atom is -0.354 e. The Morgan fingerprint density at radius 2 is 2.04 bits per heavy atom. The molecule has 1 aromatic carbocycles. The van der Waals surface area contributed by atoms with Gasteiger partial charge in [0.25, 0.3) is 5.56 Å². The summed E-state index contributed by atoms with van der Waals surface area (Å²) in [6.07, 6.45) is 1.43. The molecule has 138 valence electrons. The third-order valence-electron chi connectivity index (χ3n) is 4.55. The third-order valence-corrected chi connectivity index (χ3v) is 5.46. The average molecular weight is 380 g/mol. The van der Waals surface area contributed by atoms with E-state index >= 15 is 0 Å². The second-order valence-electron chi connectivity index (χ2n) is 6.36. The molecule has 27 heavy (non-hydrogen) atoms. The summed E-state index contributed by atoms with van der Waals surface area (Å²) in [4.78, 5) is 26.1. The molecule has 0 radical (unpaired) electrons. The quantitative estimate of drug-likeness (QED) is 0.559. The zero-order valence-corrected chi connectivity index (χ0v) is 15.8. The molecule has 0 aliphatic rings. The van der Waals surface area contributed by atoms with Crippen LogP contribution in [0.5, 0.6) is 0 Å². The van der Waals surface area contributed by atoms with Crippen molar-refractivity contribution in [1.29, 1.82) is 0 Å². The molecule has 4 rings (SSSR count). The fourth-order valence-corrected chi connectivity index (χ4v) is 4.13. The van der Waals surface area contributed by atoms with E-state index in [4.69, 9.17) is 0 Å². The summed E-state index contributed by atoms with van der Waals surface area (Å²) in [5, 5.41) is 10.3. The fourth-order valence-electron chi connectivity index (χ4n) is 3.22. The molecule has 0 unspecified atom stereocenters. The largest absolute Gasteiger partial charge is 0.354 e. The van der Waals surface area contributed by atoms with Crippen molar-refractivity contribution in [3.05, 3.63) is 69.6 Å². The molecule has 0 aliphatic carbocycles. The van der Waals surface area contributed by atoms with Crippen LogP contribution in [0, 0.1) is 0 Å². The molecule has 1 N–H and O–H groups in total. The van der Waals surface area contributed by atoms with Gasteiger partial charge in [-0.15, -0.1) is 11.3 Å². The maximum absolute atomic E-state index is 12.8. The van der Waals surface area contributed by atoms with Gasteiger partial charge in [-0.1, -0.05) is 37.3 Å². The van der Waals surface area contributed by atoms with Gasteiger partial charge >= 0.3 is 0 Å². The van der Waals surface area contributed by atoms with Crippen LogP contribution >= 0.6 is 11.3 Å². The number of carbonyl (C=O) groups is 1. The summed E-state index contributed by atoms with van der Waals surface area (Å²) in [5.41, 5.74) is 1.49. The Morgan fingerprint density at radius 3 is 2.81 bits per heavy atom. The number of nitrogens with zero attached hydrogens (tertiary/aromatic N) is 3. The molecular formula is C20H20N4O2S. The predicted molar refractivity (Wildman–Crippen MR) is 107 cm³/mol. The van der Waals surface area contributed by atoms with Crippen molar-refractivity contribution in [2.24, 2.45) is 0 Å². The van der Waals surface area contributed by atoms with Gasteiger partial charge in [-0.25, -0.2) is 4.68 Å². The Morgan fingerprint density at radius 1 is 1.22 bits per heavy atom. The van der Waals surface area contributed by atoms with Gasteiger partial charge in [0.15, 0.2) is 0 Å². The number of thiophene rings is 1. The molecule has 3 heterocycles. The molecule has 0 aliphatic heterocycles. The predicted octanol–water partition coefficient (Wildman–Crippen LogP) is 2.63. The van der Waals surface area contributed by atoms with E-state index in [1.807, 2.05) is 59.2 Å². The van der Waals surface area contributed by atoms with Gasteiger partial charge in [0.1, 0.15) is 22.7 Å². The smallest absolute Gasteiger partial charge is 0.291 e. The lowest BCUT2D eigenvalue weighted by Crippen LogP contribution is -2.36. The number of fused-ring (bicyclic) bond motifs is 3. The second-order valence-corrected chi connectivity index (χ2v) is 7.26. The Balaban J connectivity index is 1.54. The van der Waals surface area contributed by atoms with Crippen LogP contribution in [-0.4, -0.2) is 26.6 Å². The lowest BCUT2D eigenvalue weighted by atomic mass is 10.1. The molecule has 0 spiro atoms. The van der Waals surface area contributed by atoms with E-state index in [0.29, 0.717) is 18.5 Å². The van der Waals surface area contributed by atoms with Crippen LogP contribution in [-0.2, 0) is 24.2 Å². The Kier molecular flexibility index (Phi) is 4.77. The average Bonchev–Trinajstić information content (AvgIpc) is 3.26. The van der Waals surface area contributed by atoms with Gasteiger partial charge in [0, 0.05) is 18.4 Å². The van der Waals surface area contributed by atoms with Crippen LogP contribution in [0.3, 0.4) is 0 Å². The number of hydrogen-bond donors (Lipinski definition) is 1. The first-order valence-electron chi connectivity index (χ1n) is 8.96. The van der Waals surface area contributed by atoms with Crippen LogP contribution in [0.4, 0.5) is 0 Å². The van der Waals surface area contributed by atoms with Gasteiger partial charge in [-0.2, -0.15) is 5.10 Å². The Bertz CT molecular complexity index is 1160. The molecule has 4 aromatic rings. The third kappa shape index (κ3) is 3.38. The first kappa shape index (κ1) is 17.5. The normalized spacial score (nSPS) is 11.3. The van der Waals surface area contributed by atoms with Crippen molar-refractivity contribution in [2.75, 3.05) is 6.54 Å². The minimum absolute atomic E-state index is 0.0735. The zero-order chi connectivity index (χ0) is 18.8. The zero-order valence-electron chi connectivity index (χ0n) is 15.0. The number of amides is 1. The minimum atomic E-state index is -0.242. The number of rotatable bonds is 6. The van der Waals surface area contributed by atoms with Gasteiger partial charge in [-0.05, 0) is 29.5 Å². The van der Waals surface area contributed by atoms with E-state index in [1.54, 1.807) is 11.3 Å². The van der Waals surface area contributed by atoms with Crippen molar-refractivity contribution in [2.45, 2.75) is 26.3 Å². The van der Waals surface area contributed by atoms with Crippen molar-refractivity contribution in [1.82, 2.24) is 19.5 Å². The molecule has 3 aromatic heterocycles. The maximum atomic E-state index is 12.8. The number of aryl methyl sites for hydroxylation is 1. The molecule has 6 nitrogen and oxygen atoms in total. The van der Waals surface area contributed by atoms with Crippen LogP contribution in [0.2, 0.25) is 0 Å². The molecule has 0 bridgehead atoms. The maximum Gasteiger partial charge on any atom is 0.291 e. The first-order chi connectivity index (χ1) is 13.2. The van der Waals surface area contributed by atoms with Crippen LogP contribution < -0.4 is 10.9 Å². The highest BCUT2D eigenvalue weighted by Crippen LogP contribution is 2.24. The Labute approximate surface area is 160 Å². The number of nitrogens with one attached hydrogen (secondary N) is 1. The summed E-state index contributed by atoms with van der Waals surface area (Å²) in [7, 11) is 0. The molecule has 0 fully saturated rings. The van der Waals surface area contributed by atoms with Crippen LogP contribution in [0.15, 0.2) is 52.6 Å². The summed E-state index contributed by atoms with van der Waals surface area (Å²) < 4.78 is 3.18. The highest BCUT2D eigenvalue weighted by atomic mass is 32.1. The van der Waals surface area contributed by atoms with Gasteiger partial charge in [-0.3, -0.25) is 14.0 Å². The lowest BCUT2D eigenvalue weighted by molar-refractivity contribution is -0.121. The molecule has 1 amide bonds. The Hall–Kier alpha value is -2.93. The van der Waals surface area contributed by atoms with E-state index in [1.165, 1.54) is 4.68 Å². The standard InChI is InChI=1S/C20H20N4O2S/c1-2-17-22-23(13-18(25)21-10-8-14-6-4-3-5-7-14)19(26)16-12-15-9-11-27-20(15)24(16)17/h3-7,9,11-12H,2,8,10,13H2,1H3,(H,21,25). The van der Waals surface area contributed by atoms with E-state index in [2.05, 4.69) is 10.4 Å². The monoisotopic (exact) mass is 380 g/mol. The van der Waals surface area contributed by atoms with Crippen molar-refractivity contribution < 1.29 is 4.79 Å². The van der Waals surface area contributed by atoms with Crippen molar-refractivity contribution >= 4 is 33.0 Å². The SMILES string of the molecule is CCc1nn(CC(=O)NCCc2ccccc2)c(=O)c2cc3ccsc3n12. The molecule has 7 heteroatoms. The summed E-state index contributed by atoms with van der Waals surface area (Å²) in [6, 6.07) is 13.8. The molecule has 0 saturated carbocycles. The topological polar surface area (TPSA) is 68.4 Å². The van der Waals surface area contributed by atoms with E-state index < -0.39 is 0 Å². The molecular weight excluding hydrogens is 360 g/mol. The van der Waals surface area contributed by atoms with Gasteiger partial charge in [0.2, 0.25) is 5.91 Å². The number of aromatic nitrogens is 3. The van der Waals surface area contributed by atoms with Gasteiger partial charge < -0.3 is 5.32 Å². The second kappa shape index (κ2) is 7.36. The summed E-state index contributed by atoms with van der Waals surface area (Å²) in [6.45, 7) is 2.45. The molecule has 0 saturated heterocycles. The summed E-state index contributed by atoms with van der Waals surface area (Å²) in [5.74, 6) is 0.569. The highest BCUT2D eigenvalue weighted by Gasteiger charge is 2.15. The van der Waals surface area contributed by atoms with E-state index in [9.17, 15) is 9.59 Å². The van der Waals surface area contributed by atoms with Crippen molar-refractivity contribution in [3.63, 3.8) is 0 Å². The summed E-state index contributed by atoms with van der Waals surface area (Å²) >= 11 is 1.59.